The molecule has 1 aliphatic heterocycles. The summed E-state index contributed by atoms with van der Waals surface area (Å²) >= 11 is 0. The van der Waals surface area contributed by atoms with E-state index in [2.05, 4.69) is 5.32 Å². The number of amides is 2. The van der Waals surface area contributed by atoms with Crippen molar-refractivity contribution < 1.29 is 23.9 Å². The van der Waals surface area contributed by atoms with Gasteiger partial charge in [0, 0.05) is 25.8 Å². The van der Waals surface area contributed by atoms with Crippen molar-refractivity contribution in [1.82, 2.24) is 10.6 Å². The Morgan fingerprint density at radius 2 is 2.24 bits per heavy atom. The summed E-state index contributed by atoms with van der Waals surface area (Å²) in [6.45, 7) is 0. The van der Waals surface area contributed by atoms with Crippen molar-refractivity contribution in [2.24, 2.45) is 0 Å². The van der Waals surface area contributed by atoms with Crippen LogP contribution in [0.4, 0.5) is 0 Å². The maximum Gasteiger partial charge on any atom is 0.251 e. The molecule has 1 aliphatic rings. The minimum atomic E-state index is -0.602. The third kappa shape index (κ3) is 3.97. The average Bonchev–Trinajstić information content (AvgIpc) is 2.72. The summed E-state index contributed by atoms with van der Waals surface area (Å²) in [6.07, 6.45) is 2.68. The SMILES string of the molecule is CO[C@H]1C[C@H](N/C=C\C(=O)NC=O)O[C@@H]1C=O. The molecule has 0 unspecified atom stereocenters. The van der Waals surface area contributed by atoms with Crippen molar-refractivity contribution in [3.63, 3.8) is 0 Å². The van der Waals surface area contributed by atoms with Gasteiger partial charge in [0.15, 0.2) is 6.29 Å². The summed E-state index contributed by atoms with van der Waals surface area (Å²) in [5.74, 6) is -0.541. The van der Waals surface area contributed by atoms with E-state index >= 15 is 0 Å². The first-order valence-electron chi connectivity index (χ1n) is 5.01. The number of ether oxygens (including phenoxy) is 2. The van der Waals surface area contributed by atoms with E-state index < -0.39 is 18.2 Å². The molecule has 1 heterocycles. The Labute approximate surface area is 98.1 Å². The van der Waals surface area contributed by atoms with Gasteiger partial charge in [0.05, 0.1) is 6.10 Å². The van der Waals surface area contributed by atoms with Crippen LogP contribution in [0.2, 0.25) is 0 Å². The topological polar surface area (TPSA) is 93.7 Å². The molecule has 3 atom stereocenters. The lowest BCUT2D eigenvalue weighted by atomic mass is 10.2. The molecule has 1 fully saturated rings. The molecule has 17 heavy (non-hydrogen) atoms. The van der Waals surface area contributed by atoms with Crippen LogP contribution < -0.4 is 10.6 Å². The third-order valence-electron chi connectivity index (χ3n) is 2.29. The Bertz CT molecular complexity index is 318. The van der Waals surface area contributed by atoms with Gasteiger partial charge < -0.3 is 19.6 Å². The summed E-state index contributed by atoms with van der Waals surface area (Å²) in [6, 6.07) is 0. The number of hydrogen-bond acceptors (Lipinski definition) is 6. The molecule has 0 aromatic carbocycles. The Morgan fingerprint density at radius 3 is 2.76 bits per heavy atom. The second kappa shape index (κ2) is 6.77. The fraction of sp³-hybridized carbons (Fsp3) is 0.500. The first-order chi connectivity index (χ1) is 8.21. The van der Waals surface area contributed by atoms with E-state index in [1.54, 1.807) is 0 Å². The van der Waals surface area contributed by atoms with Gasteiger partial charge in [0.1, 0.15) is 12.3 Å². The standard InChI is InChI=1S/C10H14N2O5/c1-16-7-4-10(17-8(7)5-13)11-3-2-9(15)12-6-14/h2-3,5-8,10-11H,4H2,1H3,(H,12,14,15)/b3-2-/t7-,8+,10+/m0/s1. The number of methoxy groups -OCH3 is 1. The first kappa shape index (κ1) is 13.3. The summed E-state index contributed by atoms with van der Waals surface area (Å²) < 4.78 is 10.4. The lowest BCUT2D eigenvalue weighted by Crippen LogP contribution is -2.26. The number of carbonyl (C=O) groups excluding carboxylic acids is 3. The highest BCUT2D eigenvalue weighted by atomic mass is 16.6. The maximum atomic E-state index is 10.9. The quantitative estimate of drug-likeness (QED) is 0.444. The Hall–Kier alpha value is -1.73. The van der Waals surface area contributed by atoms with E-state index in [1.807, 2.05) is 5.32 Å². The summed E-state index contributed by atoms with van der Waals surface area (Å²) in [5, 5.41) is 4.72. The molecule has 0 saturated carbocycles. The summed E-state index contributed by atoms with van der Waals surface area (Å²) in [5.41, 5.74) is 0. The van der Waals surface area contributed by atoms with Gasteiger partial charge in [-0.15, -0.1) is 0 Å². The smallest absolute Gasteiger partial charge is 0.251 e. The van der Waals surface area contributed by atoms with Gasteiger partial charge >= 0.3 is 0 Å². The van der Waals surface area contributed by atoms with Crippen LogP contribution in [0, 0.1) is 0 Å². The minimum Gasteiger partial charge on any atom is -0.378 e. The summed E-state index contributed by atoms with van der Waals surface area (Å²) in [7, 11) is 1.50. The van der Waals surface area contributed by atoms with Crippen LogP contribution in [-0.2, 0) is 23.9 Å². The van der Waals surface area contributed by atoms with Crippen LogP contribution >= 0.6 is 0 Å². The number of nitrogens with one attached hydrogen (secondary N) is 2. The molecule has 0 bridgehead atoms. The molecular weight excluding hydrogens is 228 g/mol. The van der Waals surface area contributed by atoms with Crippen LogP contribution in [0.3, 0.4) is 0 Å². The highest BCUT2D eigenvalue weighted by molar-refractivity contribution is 5.94. The molecule has 1 rings (SSSR count). The zero-order valence-corrected chi connectivity index (χ0v) is 9.29. The van der Waals surface area contributed by atoms with E-state index in [0.717, 1.165) is 6.08 Å². The molecule has 7 heteroatoms. The Kier molecular flexibility index (Phi) is 5.31. The number of carbonyl (C=O) groups is 3. The summed E-state index contributed by atoms with van der Waals surface area (Å²) in [4.78, 5) is 31.4. The molecule has 0 aromatic heterocycles. The molecule has 0 aromatic rings. The number of hydrogen-bond donors (Lipinski definition) is 2. The van der Waals surface area contributed by atoms with Gasteiger partial charge in [-0.05, 0) is 0 Å². The van der Waals surface area contributed by atoms with Gasteiger partial charge in [-0.2, -0.15) is 0 Å². The first-order valence-corrected chi connectivity index (χ1v) is 5.01. The number of aldehydes is 1. The van der Waals surface area contributed by atoms with Crippen molar-refractivity contribution in [3.8, 4) is 0 Å². The maximum absolute atomic E-state index is 10.9. The van der Waals surface area contributed by atoms with Crippen molar-refractivity contribution in [3.05, 3.63) is 12.3 Å². The second-order valence-electron chi connectivity index (χ2n) is 3.36. The van der Waals surface area contributed by atoms with Crippen LogP contribution in [0.25, 0.3) is 0 Å². The third-order valence-corrected chi connectivity index (χ3v) is 2.29. The van der Waals surface area contributed by atoms with E-state index in [-0.39, 0.29) is 6.10 Å². The minimum absolute atomic E-state index is 0.290. The molecule has 2 amide bonds. The van der Waals surface area contributed by atoms with Crippen LogP contribution in [0.1, 0.15) is 6.42 Å². The van der Waals surface area contributed by atoms with Crippen LogP contribution in [0.5, 0.6) is 0 Å². The van der Waals surface area contributed by atoms with E-state index in [1.165, 1.54) is 13.3 Å². The van der Waals surface area contributed by atoms with Gasteiger partial charge in [-0.3, -0.25) is 14.9 Å². The number of rotatable bonds is 6. The van der Waals surface area contributed by atoms with Gasteiger partial charge in [-0.1, -0.05) is 0 Å². The zero-order chi connectivity index (χ0) is 12.7. The van der Waals surface area contributed by atoms with Gasteiger partial charge in [-0.25, -0.2) is 0 Å². The normalized spacial score (nSPS) is 27.9. The molecule has 0 spiro atoms. The number of imide groups is 1. The molecule has 7 nitrogen and oxygen atoms in total. The molecule has 2 N–H and O–H groups in total. The predicted molar refractivity (Wildman–Crippen MR) is 56.6 cm³/mol. The van der Waals surface area contributed by atoms with Gasteiger partial charge in [0.25, 0.3) is 5.91 Å². The van der Waals surface area contributed by atoms with E-state index in [9.17, 15) is 14.4 Å². The average molecular weight is 242 g/mol. The van der Waals surface area contributed by atoms with Crippen molar-refractivity contribution in [2.45, 2.75) is 24.9 Å². The molecule has 94 valence electrons. The lowest BCUT2D eigenvalue weighted by Gasteiger charge is -2.09. The fourth-order valence-electron chi connectivity index (χ4n) is 1.47. The van der Waals surface area contributed by atoms with E-state index in [0.29, 0.717) is 19.1 Å². The van der Waals surface area contributed by atoms with Crippen LogP contribution in [0.15, 0.2) is 12.3 Å². The highest BCUT2D eigenvalue weighted by Gasteiger charge is 2.34. The zero-order valence-electron chi connectivity index (χ0n) is 9.29. The molecule has 0 radical (unpaired) electrons. The fourth-order valence-corrected chi connectivity index (χ4v) is 1.47. The Balaban J connectivity index is 2.36. The largest absolute Gasteiger partial charge is 0.378 e. The van der Waals surface area contributed by atoms with E-state index in [4.69, 9.17) is 9.47 Å². The monoisotopic (exact) mass is 242 g/mol. The lowest BCUT2D eigenvalue weighted by molar-refractivity contribution is -0.123. The molecule has 1 saturated heterocycles. The van der Waals surface area contributed by atoms with Crippen molar-refractivity contribution in [1.29, 1.82) is 0 Å². The van der Waals surface area contributed by atoms with Gasteiger partial charge in [0.2, 0.25) is 6.41 Å². The molecular formula is C10H14N2O5. The predicted octanol–water partition coefficient (Wildman–Crippen LogP) is -1.31. The van der Waals surface area contributed by atoms with Crippen molar-refractivity contribution >= 4 is 18.6 Å². The Morgan fingerprint density at radius 1 is 1.47 bits per heavy atom. The van der Waals surface area contributed by atoms with Crippen LogP contribution in [-0.4, -0.2) is 44.1 Å². The van der Waals surface area contributed by atoms with Crippen molar-refractivity contribution in [2.75, 3.05) is 7.11 Å². The highest BCUT2D eigenvalue weighted by Crippen LogP contribution is 2.19. The second-order valence-corrected chi connectivity index (χ2v) is 3.36. The molecule has 0 aliphatic carbocycles.